The van der Waals surface area contributed by atoms with Gasteiger partial charge in [-0.05, 0) is 30.3 Å². The van der Waals surface area contributed by atoms with Crippen molar-refractivity contribution in [2.24, 2.45) is 0 Å². The lowest BCUT2D eigenvalue weighted by Crippen LogP contribution is -2.06. The second-order valence-corrected chi connectivity index (χ2v) is 5.39. The van der Waals surface area contributed by atoms with Crippen molar-refractivity contribution in [3.8, 4) is 0 Å². The minimum Gasteiger partial charge on any atom is -0.321 e. The highest BCUT2D eigenvalue weighted by atomic mass is 35.5. The monoisotopic (exact) mass is 317 g/mol. The fourth-order valence-electron chi connectivity index (χ4n) is 2.18. The van der Waals surface area contributed by atoms with Crippen LogP contribution < -0.4 is 5.32 Å². The van der Waals surface area contributed by atoms with E-state index in [1.54, 1.807) is 24.3 Å². The minimum absolute atomic E-state index is 0.272. The molecule has 0 unspecified atom stereocenters. The van der Waals surface area contributed by atoms with Gasteiger partial charge in [0.1, 0.15) is 0 Å². The fraction of sp³-hybridized carbons (Fsp3) is 0. The number of allylic oxidation sites excluding steroid dienone is 1. The Morgan fingerprint density at radius 1 is 1.10 bits per heavy atom. The molecule has 3 rings (SSSR count). The first kappa shape index (κ1) is 13.9. The van der Waals surface area contributed by atoms with E-state index in [9.17, 15) is 9.59 Å². The Kier molecular flexibility index (Phi) is 3.53. The third-order valence-electron chi connectivity index (χ3n) is 3.18. The molecule has 2 aromatic carbocycles. The number of amides is 1. The summed E-state index contributed by atoms with van der Waals surface area (Å²) in [6.07, 6.45) is 1.29. The van der Waals surface area contributed by atoms with Gasteiger partial charge < -0.3 is 5.32 Å². The number of benzene rings is 2. The quantitative estimate of drug-likeness (QED) is 0.666. The number of anilines is 1. The molecule has 104 valence electrons. The summed E-state index contributed by atoms with van der Waals surface area (Å²) in [4.78, 5) is 24.3. The number of halogens is 2. The minimum atomic E-state index is -0.357. The first-order valence-corrected chi connectivity index (χ1v) is 6.93. The van der Waals surface area contributed by atoms with Crippen LogP contribution in [0.4, 0.5) is 5.69 Å². The number of nitrogens with one attached hydrogen (secondary N) is 1. The molecule has 0 saturated heterocycles. The molecule has 0 spiro atoms. The van der Waals surface area contributed by atoms with Crippen molar-refractivity contribution in [2.45, 2.75) is 0 Å². The highest BCUT2D eigenvalue weighted by molar-refractivity contribution is 6.39. The predicted molar refractivity (Wildman–Crippen MR) is 83.8 cm³/mol. The maximum absolute atomic E-state index is 12.3. The van der Waals surface area contributed by atoms with Gasteiger partial charge in [-0.3, -0.25) is 9.59 Å². The predicted octanol–water partition coefficient (Wildman–Crippen LogP) is 4.21. The number of hydrogen-bond acceptors (Lipinski definition) is 2. The average Bonchev–Trinajstić information content (AvgIpc) is 2.78. The van der Waals surface area contributed by atoms with E-state index in [0.29, 0.717) is 26.9 Å². The van der Waals surface area contributed by atoms with Crippen molar-refractivity contribution in [3.05, 3.63) is 69.7 Å². The molecule has 21 heavy (non-hydrogen) atoms. The number of hydrogen-bond donors (Lipinski definition) is 1. The molecular weight excluding hydrogens is 309 g/mol. The van der Waals surface area contributed by atoms with Gasteiger partial charge >= 0.3 is 0 Å². The Hall–Kier alpha value is -2.10. The third-order valence-corrected chi connectivity index (χ3v) is 3.74. The van der Waals surface area contributed by atoms with Crippen LogP contribution in [0.5, 0.6) is 0 Å². The van der Waals surface area contributed by atoms with Gasteiger partial charge in [0, 0.05) is 21.8 Å². The van der Waals surface area contributed by atoms with Gasteiger partial charge in [0.15, 0.2) is 5.78 Å². The molecule has 0 aliphatic carbocycles. The van der Waals surface area contributed by atoms with Crippen LogP contribution in [-0.4, -0.2) is 11.7 Å². The summed E-state index contributed by atoms with van der Waals surface area (Å²) in [5.74, 6) is -0.660. The number of carbonyl (C=O) groups excluding carboxylic acids is 2. The molecule has 1 aliphatic heterocycles. The van der Waals surface area contributed by atoms with Gasteiger partial charge in [0.25, 0.3) is 5.91 Å². The molecule has 3 nitrogen and oxygen atoms in total. The van der Waals surface area contributed by atoms with Crippen molar-refractivity contribution < 1.29 is 9.59 Å². The van der Waals surface area contributed by atoms with Gasteiger partial charge in [-0.15, -0.1) is 0 Å². The van der Waals surface area contributed by atoms with Crippen LogP contribution in [0.15, 0.2) is 48.5 Å². The lowest BCUT2D eigenvalue weighted by atomic mass is 10.0. The molecule has 2 aromatic rings. The molecule has 0 aromatic heterocycles. The highest BCUT2D eigenvalue weighted by Crippen LogP contribution is 2.32. The maximum Gasteiger partial charge on any atom is 0.256 e. The molecule has 1 N–H and O–H groups in total. The van der Waals surface area contributed by atoms with Crippen LogP contribution in [0.3, 0.4) is 0 Å². The molecule has 1 aliphatic rings. The highest BCUT2D eigenvalue weighted by Gasteiger charge is 2.24. The normalized spacial score (nSPS) is 15.0. The van der Waals surface area contributed by atoms with Crippen LogP contribution in [0, 0.1) is 0 Å². The molecular formula is C16H9Cl2NO2. The standard InChI is InChI=1S/C16H9Cl2NO2/c17-9-5-6-13(18)12(7-9)15(20)8-11-10-3-1-2-4-14(10)19-16(11)21/h1-8H,(H,19,21)/b11-8+. The zero-order chi connectivity index (χ0) is 15.0. The van der Waals surface area contributed by atoms with E-state index in [1.807, 2.05) is 12.1 Å². The lowest BCUT2D eigenvalue weighted by molar-refractivity contribution is -0.110. The second kappa shape index (κ2) is 5.35. The van der Waals surface area contributed by atoms with E-state index in [2.05, 4.69) is 5.32 Å². The maximum atomic E-state index is 12.3. The molecule has 0 radical (unpaired) electrons. The number of fused-ring (bicyclic) bond motifs is 1. The summed E-state index contributed by atoms with van der Waals surface area (Å²) in [5, 5.41) is 3.43. The summed E-state index contributed by atoms with van der Waals surface area (Å²) >= 11 is 11.9. The first-order valence-electron chi connectivity index (χ1n) is 6.18. The molecule has 0 bridgehead atoms. The smallest absolute Gasteiger partial charge is 0.256 e. The Balaban J connectivity index is 2.04. The van der Waals surface area contributed by atoms with Crippen molar-refractivity contribution in [1.82, 2.24) is 0 Å². The molecule has 1 heterocycles. The zero-order valence-corrected chi connectivity index (χ0v) is 12.2. The van der Waals surface area contributed by atoms with Crippen molar-refractivity contribution >= 4 is 46.2 Å². The summed E-state index contributed by atoms with van der Waals surface area (Å²) in [7, 11) is 0. The molecule has 5 heteroatoms. The number of carbonyl (C=O) groups is 2. The van der Waals surface area contributed by atoms with Gasteiger partial charge in [-0.2, -0.15) is 0 Å². The van der Waals surface area contributed by atoms with Gasteiger partial charge in [-0.1, -0.05) is 41.4 Å². The third kappa shape index (κ3) is 2.58. The van der Waals surface area contributed by atoms with E-state index >= 15 is 0 Å². The first-order chi connectivity index (χ1) is 10.1. The summed E-state index contributed by atoms with van der Waals surface area (Å²) in [6, 6.07) is 11.8. The van der Waals surface area contributed by atoms with Crippen molar-refractivity contribution in [1.29, 1.82) is 0 Å². The Morgan fingerprint density at radius 3 is 2.67 bits per heavy atom. The summed E-state index contributed by atoms with van der Waals surface area (Å²) in [5.41, 5.74) is 1.99. The molecule has 0 atom stereocenters. The fourth-order valence-corrected chi connectivity index (χ4v) is 2.56. The number of rotatable bonds is 2. The van der Waals surface area contributed by atoms with Crippen LogP contribution in [0.1, 0.15) is 15.9 Å². The topological polar surface area (TPSA) is 46.2 Å². The number of ketones is 1. The van der Waals surface area contributed by atoms with Gasteiger partial charge in [0.2, 0.25) is 0 Å². The van der Waals surface area contributed by atoms with Gasteiger partial charge in [-0.25, -0.2) is 0 Å². The largest absolute Gasteiger partial charge is 0.321 e. The SMILES string of the molecule is O=C1Nc2ccccc2/C1=C\C(=O)c1cc(Cl)ccc1Cl. The second-order valence-electron chi connectivity index (χ2n) is 4.55. The van der Waals surface area contributed by atoms with Crippen molar-refractivity contribution in [3.63, 3.8) is 0 Å². The van der Waals surface area contributed by atoms with E-state index in [1.165, 1.54) is 12.1 Å². The van der Waals surface area contributed by atoms with Crippen LogP contribution >= 0.6 is 23.2 Å². The molecule has 0 saturated carbocycles. The molecule has 0 fully saturated rings. The lowest BCUT2D eigenvalue weighted by Gasteiger charge is -2.02. The van der Waals surface area contributed by atoms with Crippen LogP contribution in [0.25, 0.3) is 5.57 Å². The van der Waals surface area contributed by atoms with E-state index in [-0.39, 0.29) is 17.3 Å². The number of para-hydroxylation sites is 1. The van der Waals surface area contributed by atoms with Crippen molar-refractivity contribution in [2.75, 3.05) is 5.32 Å². The van der Waals surface area contributed by atoms with Crippen LogP contribution in [0.2, 0.25) is 10.0 Å². The average molecular weight is 318 g/mol. The summed E-state index contributed by atoms with van der Waals surface area (Å²) in [6.45, 7) is 0. The molecule has 1 amide bonds. The van der Waals surface area contributed by atoms with Crippen LogP contribution in [-0.2, 0) is 4.79 Å². The van der Waals surface area contributed by atoms with E-state index in [4.69, 9.17) is 23.2 Å². The Morgan fingerprint density at radius 2 is 1.86 bits per heavy atom. The van der Waals surface area contributed by atoms with E-state index < -0.39 is 0 Å². The van der Waals surface area contributed by atoms with E-state index in [0.717, 1.165) is 0 Å². The summed E-state index contributed by atoms with van der Waals surface area (Å²) < 4.78 is 0. The Labute approximate surface area is 131 Å². The van der Waals surface area contributed by atoms with Gasteiger partial charge in [0.05, 0.1) is 10.6 Å². The zero-order valence-electron chi connectivity index (χ0n) is 10.7. The Bertz CT molecular complexity index is 797.